The van der Waals surface area contributed by atoms with E-state index in [1.807, 2.05) is 0 Å². The summed E-state index contributed by atoms with van der Waals surface area (Å²) in [6.07, 6.45) is 4.82. The van der Waals surface area contributed by atoms with E-state index in [0.717, 1.165) is 30.5 Å². The Morgan fingerprint density at radius 3 is 3.00 bits per heavy atom. The molecule has 0 aliphatic carbocycles. The van der Waals surface area contributed by atoms with Crippen molar-refractivity contribution >= 4 is 0 Å². The van der Waals surface area contributed by atoms with Crippen molar-refractivity contribution in [2.45, 2.75) is 33.2 Å². The van der Waals surface area contributed by atoms with Gasteiger partial charge in [-0.1, -0.05) is 0 Å². The average molecular weight is 193 g/mol. The maximum absolute atomic E-state index is 4.42. The standard InChI is InChI=1S/C11H19N3/c1-9-7-14(10(2)13-9)8-11-4-3-5-12-6-11/h7,11-12H,3-6,8H2,1-2H3. The molecule has 0 amide bonds. The first-order valence-electron chi connectivity index (χ1n) is 5.47. The first kappa shape index (κ1) is 9.71. The molecule has 2 rings (SSSR count). The summed E-state index contributed by atoms with van der Waals surface area (Å²) < 4.78 is 2.28. The second-order valence-corrected chi connectivity index (χ2v) is 4.29. The molecule has 0 bridgehead atoms. The Morgan fingerprint density at radius 2 is 2.43 bits per heavy atom. The van der Waals surface area contributed by atoms with E-state index in [2.05, 4.69) is 34.9 Å². The van der Waals surface area contributed by atoms with E-state index >= 15 is 0 Å². The highest BCUT2D eigenvalue weighted by molar-refractivity contribution is 5.00. The Hall–Kier alpha value is -0.830. The Labute approximate surface area is 85.5 Å². The van der Waals surface area contributed by atoms with Gasteiger partial charge in [-0.15, -0.1) is 0 Å². The van der Waals surface area contributed by atoms with E-state index < -0.39 is 0 Å². The molecular formula is C11H19N3. The summed E-state index contributed by atoms with van der Waals surface area (Å²) in [5.74, 6) is 1.93. The highest BCUT2D eigenvalue weighted by atomic mass is 15.1. The number of piperidine rings is 1. The van der Waals surface area contributed by atoms with Crippen LogP contribution in [0.3, 0.4) is 0 Å². The maximum Gasteiger partial charge on any atom is 0.105 e. The SMILES string of the molecule is Cc1cn(CC2CCCNC2)c(C)n1. The number of imidazole rings is 1. The minimum Gasteiger partial charge on any atom is -0.335 e. The van der Waals surface area contributed by atoms with Gasteiger partial charge in [0, 0.05) is 12.7 Å². The number of aryl methyl sites for hydroxylation is 2. The summed E-state index contributed by atoms with van der Waals surface area (Å²) in [7, 11) is 0. The molecule has 78 valence electrons. The molecule has 0 radical (unpaired) electrons. The van der Waals surface area contributed by atoms with E-state index in [0.29, 0.717) is 0 Å². The third kappa shape index (κ3) is 2.15. The van der Waals surface area contributed by atoms with Crippen molar-refractivity contribution in [3.8, 4) is 0 Å². The summed E-state index contributed by atoms with van der Waals surface area (Å²) >= 11 is 0. The van der Waals surface area contributed by atoms with Crippen LogP contribution in [0.5, 0.6) is 0 Å². The third-order valence-corrected chi connectivity index (χ3v) is 2.95. The van der Waals surface area contributed by atoms with Crippen LogP contribution in [0.4, 0.5) is 0 Å². The zero-order chi connectivity index (χ0) is 9.97. The van der Waals surface area contributed by atoms with Gasteiger partial charge < -0.3 is 9.88 Å². The lowest BCUT2D eigenvalue weighted by Crippen LogP contribution is -2.32. The Balaban J connectivity index is 1.98. The fourth-order valence-electron chi connectivity index (χ4n) is 2.21. The average Bonchev–Trinajstić information content (AvgIpc) is 2.47. The van der Waals surface area contributed by atoms with Gasteiger partial charge in [-0.05, 0) is 45.7 Å². The normalized spacial score (nSPS) is 22.6. The van der Waals surface area contributed by atoms with Crippen molar-refractivity contribution in [2.75, 3.05) is 13.1 Å². The molecule has 0 saturated carbocycles. The van der Waals surface area contributed by atoms with Crippen molar-refractivity contribution in [3.05, 3.63) is 17.7 Å². The van der Waals surface area contributed by atoms with Gasteiger partial charge in [-0.3, -0.25) is 0 Å². The topological polar surface area (TPSA) is 29.9 Å². The quantitative estimate of drug-likeness (QED) is 0.771. The minimum atomic E-state index is 0.788. The number of aromatic nitrogens is 2. The predicted octanol–water partition coefficient (Wildman–Crippen LogP) is 1.50. The number of nitrogens with one attached hydrogen (secondary N) is 1. The molecule has 1 unspecified atom stereocenters. The lowest BCUT2D eigenvalue weighted by atomic mass is 10.00. The van der Waals surface area contributed by atoms with Gasteiger partial charge in [-0.2, -0.15) is 0 Å². The lowest BCUT2D eigenvalue weighted by molar-refractivity contribution is 0.335. The molecule has 1 fully saturated rings. The molecule has 14 heavy (non-hydrogen) atoms. The van der Waals surface area contributed by atoms with Crippen LogP contribution in [0.1, 0.15) is 24.4 Å². The van der Waals surface area contributed by atoms with Crippen molar-refractivity contribution in [1.29, 1.82) is 0 Å². The molecule has 0 spiro atoms. The molecule has 1 aromatic rings. The summed E-state index contributed by atoms with van der Waals surface area (Å²) in [6, 6.07) is 0. The highest BCUT2D eigenvalue weighted by Crippen LogP contribution is 2.14. The van der Waals surface area contributed by atoms with Gasteiger partial charge in [0.1, 0.15) is 5.82 Å². The van der Waals surface area contributed by atoms with Crippen LogP contribution in [0.2, 0.25) is 0 Å². The minimum absolute atomic E-state index is 0.788. The molecule has 1 N–H and O–H groups in total. The molecule has 3 heteroatoms. The number of hydrogen-bond donors (Lipinski definition) is 1. The molecule has 1 saturated heterocycles. The van der Waals surface area contributed by atoms with E-state index in [1.54, 1.807) is 0 Å². The molecule has 1 aromatic heterocycles. The first-order chi connectivity index (χ1) is 6.75. The highest BCUT2D eigenvalue weighted by Gasteiger charge is 2.14. The zero-order valence-corrected chi connectivity index (χ0v) is 9.08. The fraction of sp³-hybridized carbons (Fsp3) is 0.727. The van der Waals surface area contributed by atoms with Crippen LogP contribution in [-0.4, -0.2) is 22.6 Å². The van der Waals surface area contributed by atoms with Crippen LogP contribution >= 0.6 is 0 Å². The van der Waals surface area contributed by atoms with E-state index in [4.69, 9.17) is 0 Å². The maximum atomic E-state index is 4.42. The molecule has 1 aliphatic rings. The van der Waals surface area contributed by atoms with Gasteiger partial charge in [0.15, 0.2) is 0 Å². The molecule has 1 aliphatic heterocycles. The second kappa shape index (κ2) is 4.13. The van der Waals surface area contributed by atoms with Crippen LogP contribution in [0, 0.1) is 19.8 Å². The van der Waals surface area contributed by atoms with Crippen molar-refractivity contribution < 1.29 is 0 Å². The monoisotopic (exact) mass is 193 g/mol. The Morgan fingerprint density at radius 1 is 1.57 bits per heavy atom. The molecule has 2 heterocycles. The fourth-order valence-corrected chi connectivity index (χ4v) is 2.21. The largest absolute Gasteiger partial charge is 0.335 e. The van der Waals surface area contributed by atoms with Crippen LogP contribution in [0.15, 0.2) is 6.20 Å². The zero-order valence-electron chi connectivity index (χ0n) is 9.08. The van der Waals surface area contributed by atoms with Gasteiger partial charge in [0.25, 0.3) is 0 Å². The second-order valence-electron chi connectivity index (χ2n) is 4.29. The van der Waals surface area contributed by atoms with Gasteiger partial charge in [0.2, 0.25) is 0 Å². The van der Waals surface area contributed by atoms with Gasteiger partial charge in [-0.25, -0.2) is 4.98 Å². The van der Waals surface area contributed by atoms with Crippen LogP contribution in [-0.2, 0) is 6.54 Å². The lowest BCUT2D eigenvalue weighted by Gasteiger charge is -2.23. The number of rotatable bonds is 2. The van der Waals surface area contributed by atoms with E-state index in [9.17, 15) is 0 Å². The van der Waals surface area contributed by atoms with Crippen molar-refractivity contribution in [2.24, 2.45) is 5.92 Å². The van der Waals surface area contributed by atoms with E-state index in [1.165, 1.54) is 19.4 Å². The molecular weight excluding hydrogens is 174 g/mol. The Kier molecular flexibility index (Phi) is 2.87. The summed E-state index contributed by atoms with van der Waals surface area (Å²) in [5.41, 5.74) is 1.13. The smallest absolute Gasteiger partial charge is 0.105 e. The van der Waals surface area contributed by atoms with Crippen LogP contribution in [0.25, 0.3) is 0 Å². The number of nitrogens with zero attached hydrogens (tertiary/aromatic N) is 2. The van der Waals surface area contributed by atoms with Crippen molar-refractivity contribution in [3.63, 3.8) is 0 Å². The molecule has 3 nitrogen and oxygen atoms in total. The Bertz CT molecular complexity index is 297. The molecule has 1 atom stereocenters. The van der Waals surface area contributed by atoms with Crippen LogP contribution < -0.4 is 5.32 Å². The predicted molar refractivity (Wildman–Crippen MR) is 57.3 cm³/mol. The number of hydrogen-bond acceptors (Lipinski definition) is 2. The van der Waals surface area contributed by atoms with Gasteiger partial charge in [0.05, 0.1) is 5.69 Å². The summed E-state index contributed by atoms with van der Waals surface area (Å²) in [4.78, 5) is 4.42. The van der Waals surface area contributed by atoms with E-state index in [-0.39, 0.29) is 0 Å². The summed E-state index contributed by atoms with van der Waals surface area (Å²) in [6.45, 7) is 7.63. The first-order valence-corrected chi connectivity index (χ1v) is 5.47. The summed E-state index contributed by atoms with van der Waals surface area (Å²) in [5, 5.41) is 3.45. The molecule has 0 aromatic carbocycles. The van der Waals surface area contributed by atoms with Crippen molar-refractivity contribution in [1.82, 2.24) is 14.9 Å². The van der Waals surface area contributed by atoms with Gasteiger partial charge >= 0.3 is 0 Å². The third-order valence-electron chi connectivity index (χ3n) is 2.95.